The predicted molar refractivity (Wildman–Crippen MR) is 211 cm³/mol. The smallest absolute Gasteiger partial charge is 1.00 e. The van der Waals surface area contributed by atoms with Crippen LogP contribution in [0.1, 0.15) is 124 Å². The third-order valence-corrected chi connectivity index (χ3v) is 22.3. The molecule has 0 saturated heterocycles. The predicted octanol–water partition coefficient (Wildman–Crippen LogP) is 6.65. The number of benzene rings is 3. The molecule has 0 N–H and O–H groups in total. The van der Waals surface area contributed by atoms with Crippen molar-refractivity contribution in [3.8, 4) is 11.1 Å². The standard InChI is InChI=1S/C25H25.C11H14.C10H17Si.2ClH.Zr/c1-14-12-24(3,4)22-8-16-7-17-9-23-19(15(2)13-25(23,5)6)11-21(17)20(16)10-18(14)22;1-9-5-7-10(8-6-9)11(2,3)4;1-8-6-9(2)10(7-8)11(3,4)5;;;/h7-13H,1-6H3;1,5-8H,2-4H3;7-8H,1-5H3;2*1H;/q;;;;;+2/p-2. The van der Waals surface area contributed by atoms with Gasteiger partial charge in [0, 0.05) is 0 Å². The van der Waals surface area contributed by atoms with Crippen LogP contribution in [0, 0.1) is 5.92 Å². The zero-order valence-electron chi connectivity index (χ0n) is 32.8. The molecule has 0 nitrogen and oxygen atoms in total. The van der Waals surface area contributed by atoms with Crippen LogP contribution in [0.15, 0.2) is 80.8 Å². The molecule has 0 aliphatic heterocycles. The van der Waals surface area contributed by atoms with Gasteiger partial charge in [-0.3, -0.25) is 0 Å². The van der Waals surface area contributed by atoms with Crippen molar-refractivity contribution >= 4 is 22.9 Å². The maximum Gasteiger partial charge on any atom is -1.00 e. The van der Waals surface area contributed by atoms with Crippen LogP contribution < -0.4 is 24.8 Å². The summed E-state index contributed by atoms with van der Waals surface area (Å²) < 4.78 is 5.12. The van der Waals surface area contributed by atoms with Crippen molar-refractivity contribution in [3.63, 3.8) is 0 Å². The van der Waals surface area contributed by atoms with Crippen molar-refractivity contribution in [2.75, 3.05) is 0 Å². The van der Waals surface area contributed by atoms with Gasteiger partial charge in [-0.2, -0.15) is 0 Å². The Kier molecular flexibility index (Phi) is 10.2. The minimum absolute atomic E-state index is 0. The van der Waals surface area contributed by atoms with Gasteiger partial charge in [0.2, 0.25) is 0 Å². The Bertz CT molecular complexity index is 1980. The summed E-state index contributed by atoms with van der Waals surface area (Å²) in [6.45, 7) is 33.9. The van der Waals surface area contributed by atoms with E-state index in [-0.39, 0.29) is 41.1 Å². The molecular weight excluding hydrogens is 743 g/mol. The van der Waals surface area contributed by atoms with Crippen LogP contribution in [0.3, 0.4) is 0 Å². The summed E-state index contributed by atoms with van der Waals surface area (Å²) in [4.78, 5) is 0. The minimum atomic E-state index is -2.66. The third kappa shape index (κ3) is 6.31. The Labute approximate surface area is 324 Å². The van der Waals surface area contributed by atoms with Gasteiger partial charge < -0.3 is 24.8 Å². The molecule has 0 fully saturated rings. The Hall–Kier alpha value is -1.83. The molecule has 3 aromatic carbocycles. The van der Waals surface area contributed by atoms with Crippen molar-refractivity contribution in [3.05, 3.63) is 125 Å². The van der Waals surface area contributed by atoms with Crippen LogP contribution in [0.4, 0.5) is 0 Å². The van der Waals surface area contributed by atoms with E-state index in [1.54, 1.807) is 21.9 Å². The SMILES string of the molecule is CC1=CC(C)(C)c2cc3c(cc21)-c1cc2c(cc1[CH]3/[Zr+2](=[CH]/c1ccc(C(C)(C)C)cc1)[C]1=C(C)C([Si](C)(C)C)=CC1C)C(C)(C)C=C2C.[Cl-].[Cl-]. The molecule has 1 unspecified atom stereocenters. The normalized spacial score (nSPS) is 20.0. The summed E-state index contributed by atoms with van der Waals surface area (Å²) in [6, 6.07) is 20.2. The van der Waals surface area contributed by atoms with Gasteiger partial charge in [-0.15, -0.1) is 0 Å². The number of rotatable bonds is 4. The Morgan fingerprint density at radius 1 is 0.700 bits per heavy atom. The molecule has 0 radical (unpaired) electrons. The fourth-order valence-electron chi connectivity index (χ4n) is 9.60. The van der Waals surface area contributed by atoms with Crippen molar-refractivity contribution in [1.82, 2.24) is 0 Å². The monoisotopic (exact) mass is 796 g/mol. The summed E-state index contributed by atoms with van der Waals surface area (Å²) >= 11 is -2.66. The summed E-state index contributed by atoms with van der Waals surface area (Å²) in [7, 11) is -1.49. The minimum Gasteiger partial charge on any atom is -1.00 e. The molecular formula is C46H56Cl2SiZr. The molecule has 4 heteroatoms. The molecule has 0 saturated carbocycles. The molecule has 3 aromatic rings. The molecule has 4 aliphatic rings. The van der Waals surface area contributed by atoms with E-state index in [0.717, 1.165) is 0 Å². The van der Waals surface area contributed by atoms with Crippen LogP contribution in [-0.4, -0.2) is 11.8 Å². The molecule has 7 rings (SSSR count). The number of fused-ring (bicyclic) bond motifs is 5. The van der Waals surface area contributed by atoms with E-state index < -0.39 is 29.3 Å². The second-order valence-corrected chi connectivity index (χ2v) is 29.4. The first-order valence-corrected chi connectivity index (χ1v) is 25.8. The number of hydrogen-bond acceptors (Lipinski definition) is 0. The van der Waals surface area contributed by atoms with Crippen LogP contribution >= 0.6 is 0 Å². The number of halogens is 2. The van der Waals surface area contributed by atoms with Gasteiger partial charge in [0.15, 0.2) is 0 Å². The summed E-state index contributed by atoms with van der Waals surface area (Å²) in [6.07, 6.45) is 7.68. The summed E-state index contributed by atoms with van der Waals surface area (Å²) in [5, 5.41) is 1.70. The first-order valence-electron chi connectivity index (χ1n) is 18.2. The Morgan fingerprint density at radius 2 is 1.16 bits per heavy atom. The second kappa shape index (κ2) is 12.9. The van der Waals surface area contributed by atoms with Gasteiger partial charge in [0.25, 0.3) is 0 Å². The quantitative estimate of drug-likeness (QED) is 0.260. The van der Waals surface area contributed by atoms with Gasteiger partial charge in [-0.1, -0.05) is 0 Å². The van der Waals surface area contributed by atoms with E-state index in [1.165, 1.54) is 55.7 Å². The van der Waals surface area contributed by atoms with Gasteiger partial charge in [0.05, 0.1) is 0 Å². The number of allylic oxidation sites excluding steroid dienone is 8. The maximum absolute atomic E-state index is 2.85. The second-order valence-electron chi connectivity index (χ2n) is 18.6. The molecule has 0 bridgehead atoms. The van der Waals surface area contributed by atoms with Crippen molar-refractivity contribution in [2.24, 2.45) is 5.92 Å². The third-order valence-electron chi connectivity index (χ3n) is 11.9. The topological polar surface area (TPSA) is 0 Å². The molecule has 262 valence electrons. The van der Waals surface area contributed by atoms with Crippen LogP contribution in [0.2, 0.25) is 19.6 Å². The van der Waals surface area contributed by atoms with Gasteiger partial charge >= 0.3 is 302 Å². The molecule has 0 heterocycles. The molecule has 50 heavy (non-hydrogen) atoms. The molecule has 4 aliphatic carbocycles. The van der Waals surface area contributed by atoms with Crippen LogP contribution in [0.25, 0.3) is 22.3 Å². The van der Waals surface area contributed by atoms with E-state index >= 15 is 0 Å². The first-order chi connectivity index (χ1) is 22.2. The van der Waals surface area contributed by atoms with Crippen molar-refractivity contribution in [2.45, 2.75) is 116 Å². The maximum atomic E-state index is 2.85. The Morgan fingerprint density at radius 3 is 1.56 bits per heavy atom. The zero-order valence-corrected chi connectivity index (χ0v) is 37.8. The average molecular weight is 799 g/mol. The number of hydrogen-bond donors (Lipinski definition) is 0. The summed E-state index contributed by atoms with van der Waals surface area (Å²) in [5.74, 6) is 0.503. The van der Waals surface area contributed by atoms with Crippen molar-refractivity contribution in [1.29, 1.82) is 0 Å². The zero-order chi connectivity index (χ0) is 34.9. The largest absolute Gasteiger partial charge is 1.00 e. The molecule has 0 aromatic heterocycles. The fraction of sp³-hybridized carbons (Fsp3) is 0.413. The van der Waals surface area contributed by atoms with Gasteiger partial charge in [-0.05, 0) is 0 Å². The Balaban J connectivity index is 0.00000243. The average Bonchev–Trinajstić information content (AvgIpc) is 3.60. The van der Waals surface area contributed by atoms with Crippen LogP contribution in [0.5, 0.6) is 0 Å². The molecule has 0 spiro atoms. The van der Waals surface area contributed by atoms with E-state index in [0.29, 0.717) is 9.54 Å². The fourth-order valence-corrected chi connectivity index (χ4v) is 20.5. The molecule has 1 atom stereocenters. The van der Waals surface area contributed by atoms with Gasteiger partial charge in [0.1, 0.15) is 0 Å². The first kappa shape index (κ1) is 39.4. The van der Waals surface area contributed by atoms with E-state index in [9.17, 15) is 0 Å². The van der Waals surface area contributed by atoms with E-state index in [2.05, 4.69) is 166 Å². The van der Waals surface area contributed by atoms with Crippen molar-refractivity contribution < 1.29 is 46.1 Å². The van der Waals surface area contributed by atoms with E-state index in [1.807, 2.05) is 3.28 Å². The molecule has 0 amide bonds. The van der Waals surface area contributed by atoms with Crippen LogP contribution in [-0.2, 0) is 37.5 Å². The summed E-state index contributed by atoms with van der Waals surface area (Å²) in [5.41, 5.74) is 19.7. The van der Waals surface area contributed by atoms with E-state index in [4.69, 9.17) is 0 Å². The van der Waals surface area contributed by atoms with Gasteiger partial charge in [-0.25, -0.2) is 0 Å².